The van der Waals surface area contributed by atoms with Gasteiger partial charge in [-0.1, -0.05) is 13.8 Å². The highest BCUT2D eigenvalue weighted by atomic mass is 32.2. The summed E-state index contributed by atoms with van der Waals surface area (Å²) in [5, 5.41) is 2.67. The number of amides is 1. The summed E-state index contributed by atoms with van der Waals surface area (Å²) in [7, 11) is -3.68. The highest BCUT2D eigenvalue weighted by Gasteiger charge is 2.65. The minimum atomic E-state index is -3.68. The van der Waals surface area contributed by atoms with Gasteiger partial charge in [0.05, 0.1) is 5.75 Å². The number of ketones is 1. The molecule has 1 heterocycles. The van der Waals surface area contributed by atoms with Crippen LogP contribution in [0, 0.1) is 16.7 Å². The molecule has 0 radical (unpaired) electrons. The summed E-state index contributed by atoms with van der Waals surface area (Å²) in [6.07, 6.45) is 3.32. The molecule has 1 amide bonds. The maximum Gasteiger partial charge on any atom is 0.238 e. The number of piperidine rings is 1. The number of fused-ring (bicyclic) bond motifs is 2. The van der Waals surface area contributed by atoms with Crippen molar-refractivity contribution in [3.05, 3.63) is 0 Å². The fourth-order valence-electron chi connectivity index (χ4n) is 4.58. The third kappa shape index (κ3) is 2.29. The van der Waals surface area contributed by atoms with Crippen LogP contribution in [0.2, 0.25) is 0 Å². The van der Waals surface area contributed by atoms with Crippen LogP contribution in [0.5, 0.6) is 0 Å². The van der Waals surface area contributed by atoms with E-state index in [1.807, 2.05) is 13.8 Å². The Morgan fingerprint density at radius 1 is 1.27 bits per heavy atom. The van der Waals surface area contributed by atoms with Crippen molar-refractivity contribution in [2.45, 2.75) is 52.0 Å². The molecule has 3 atom stereocenters. The first-order valence-corrected chi connectivity index (χ1v) is 9.64. The standard InChI is InChI=1S/C15H24N2O4S/c1-14(2)10-5-6-15(14,12(18)8-10)9-22(20,21)17-11-4-3-7-16-13(11)19/h10-11,17H,3-9H2,1-2H3,(H,16,19)/t10-,11+,15+/m0/s1. The number of hydrogen-bond donors (Lipinski definition) is 2. The van der Waals surface area contributed by atoms with Gasteiger partial charge in [0.25, 0.3) is 0 Å². The first-order chi connectivity index (χ1) is 10.2. The van der Waals surface area contributed by atoms with Crippen LogP contribution in [-0.4, -0.2) is 38.4 Å². The average Bonchev–Trinajstić information content (AvgIpc) is 2.74. The van der Waals surface area contributed by atoms with Crippen molar-refractivity contribution < 1.29 is 18.0 Å². The van der Waals surface area contributed by atoms with E-state index in [2.05, 4.69) is 10.0 Å². The Kier molecular flexibility index (Phi) is 3.64. The van der Waals surface area contributed by atoms with Gasteiger partial charge in [-0.25, -0.2) is 13.1 Å². The Balaban J connectivity index is 1.79. The SMILES string of the molecule is CC1(C)[C@H]2CC[C@@]1(CS(=O)(=O)N[C@@H]1CCCNC1=O)C(=O)C2. The molecule has 2 saturated carbocycles. The Bertz CT molecular complexity index is 613. The minimum Gasteiger partial charge on any atom is -0.355 e. The Hall–Kier alpha value is -0.950. The number of hydrogen-bond acceptors (Lipinski definition) is 4. The molecule has 22 heavy (non-hydrogen) atoms. The zero-order chi connectivity index (χ0) is 16.2. The van der Waals surface area contributed by atoms with Gasteiger partial charge in [-0.05, 0) is 37.0 Å². The average molecular weight is 328 g/mol. The zero-order valence-electron chi connectivity index (χ0n) is 13.1. The molecule has 0 aromatic heterocycles. The van der Waals surface area contributed by atoms with E-state index < -0.39 is 21.5 Å². The Labute approximate surface area is 131 Å². The van der Waals surface area contributed by atoms with Crippen LogP contribution >= 0.6 is 0 Å². The second-order valence-corrected chi connectivity index (χ2v) is 9.28. The minimum absolute atomic E-state index is 0.0761. The van der Waals surface area contributed by atoms with Crippen molar-refractivity contribution in [3.8, 4) is 0 Å². The predicted molar refractivity (Wildman–Crippen MR) is 81.5 cm³/mol. The normalized spacial score (nSPS) is 37.4. The lowest BCUT2D eigenvalue weighted by Gasteiger charge is -2.36. The zero-order valence-corrected chi connectivity index (χ0v) is 14.0. The Morgan fingerprint density at radius 3 is 2.55 bits per heavy atom. The molecule has 0 aromatic rings. The summed E-state index contributed by atoms with van der Waals surface area (Å²) in [6, 6.07) is -0.702. The van der Waals surface area contributed by atoms with E-state index in [4.69, 9.17) is 0 Å². The molecule has 0 aromatic carbocycles. The summed E-state index contributed by atoms with van der Waals surface area (Å²) in [6.45, 7) is 4.62. The van der Waals surface area contributed by atoms with Crippen molar-refractivity contribution in [1.29, 1.82) is 0 Å². The number of carbonyl (C=O) groups excluding carboxylic acids is 2. The molecule has 0 unspecified atom stereocenters. The third-order valence-electron chi connectivity index (χ3n) is 6.18. The van der Waals surface area contributed by atoms with E-state index in [1.54, 1.807) is 0 Å². The quantitative estimate of drug-likeness (QED) is 0.789. The highest BCUT2D eigenvalue weighted by molar-refractivity contribution is 7.89. The van der Waals surface area contributed by atoms with Gasteiger partial charge in [-0.15, -0.1) is 0 Å². The van der Waals surface area contributed by atoms with Gasteiger partial charge in [0.15, 0.2) is 0 Å². The molecule has 1 saturated heterocycles. The molecule has 124 valence electrons. The molecular formula is C15H24N2O4S. The molecule has 2 bridgehead atoms. The van der Waals surface area contributed by atoms with Gasteiger partial charge in [-0.2, -0.15) is 0 Å². The van der Waals surface area contributed by atoms with Crippen molar-refractivity contribution in [3.63, 3.8) is 0 Å². The first-order valence-electron chi connectivity index (χ1n) is 7.99. The van der Waals surface area contributed by atoms with Crippen molar-refractivity contribution in [1.82, 2.24) is 10.0 Å². The van der Waals surface area contributed by atoms with Crippen LogP contribution in [0.4, 0.5) is 0 Å². The number of Topliss-reactive ketones (excluding diaryl/α,β-unsaturated/α-hetero) is 1. The van der Waals surface area contributed by atoms with Crippen molar-refractivity contribution >= 4 is 21.7 Å². The highest BCUT2D eigenvalue weighted by Crippen LogP contribution is 2.64. The summed E-state index contributed by atoms with van der Waals surface area (Å²) >= 11 is 0. The van der Waals surface area contributed by atoms with E-state index in [-0.39, 0.29) is 28.8 Å². The molecule has 6 nitrogen and oxygen atoms in total. The molecule has 0 spiro atoms. The number of rotatable bonds is 4. The van der Waals surface area contributed by atoms with Crippen molar-refractivity contribution in [2.24, 2.45) is 16.7 Å². The predicted octanol–water partition coefficient (Wildman–Crippen LogP) is 0.580. The molecule has 3 rings (SSSR count). The maximum absolute atomic E-state index is 12.6. The summed E-state index contributed by atoms with van der Waals surface area (Å²) in [4.78, 5) is 24.2. The Morgan fingerprint density at radius 2 is 2.00 bits per heavy atom. The van der Waals surface area contributed by atoms with Crippen LogP contribution in [0.15, 0.2) is 0 Å². The van der Waals surface area contributed by atoms with E-state index in [0.29, 0.717) is 25.8 Å². The van der Waals surface area contributed by atoms with E-state index in [1.165, 1.54) is 0 Å². The van der Waals surface area contributed by atoms with E-state index in [0.717, 1.165) is 12.8 Å². The fourth-order valence-corrected chi connectivity index (χ4v) is 6.64. The smallest absolute Gasteiger partial charge is 0.238 e. The third-order valence-corrected chi connectivity index (χ3v) is 7.70. The first kappa shape index (κ1) is 15.9. The van der Waals surface area contributed by atoms with Gasteiger partial charge in [-0.3, -0.25) is 9.59 Å². The molecule has 1 aliphatic heterocycles. The van der Waals surface area contributed by atoms with E-state index >= 15 is 0 Å². The van der Waals surface area contributed by atoms with Crippen LogP contribution in [-0.2, 0) is 19.6 Å². The molecule has 3 fully saturated rings. The van der Waals surface area contributed by atoms with Gasteiger partial charge < -0.3 is 5.32 Å². The van der Waals surface area contributed by atoms with Gasteiger partial charge in [0.2, 0.25) is 15.9 Å². The number of nitrogens with one attached hydrogen (secondary N) is 2. The van der Waals surface area contributed by atoms with Crippen LogP contribution in [0.3, 0.4) is 0 Å². The van der Waals surface area contributed by atoms with Gasteiger partial charge in [0.1, 0.15) is 11.8 Å². The van der Waals surface area contributed by atoms with Crippen LogP contribution in [0.25, 0.3) is 0 Å². The molecule has 7 heteroatoms. The maximum atomic E-state index is 12.6. The summed E-state index contributed by atoms with van der Waals surface area (Å²) in [5.74, 6) is -0.0967. The summed E-state index contributed by atoms with van der Waals surface area (Å²) in [5.41, 5.74) is -1.07. The van der Waals surface area contributed by atoms with E-state index in [9.17, 15) is 18.0 Å². The van der Waals surface area contributed by atoms with Gasteiger partial charge in [0, 0.05) is 18.4 Å². The van der Waals surface area contributed by atoms with Gasteiger partial charge >= 0.3 is 0 Å². The number of sulfonamides is 1. The largest absolute Gasteiger partial charge is 0.355 e. The van der Waals surface area contributed by atoms with Crippen LogP contribution < -0.4 is 10.0 Å². The molecular weight excluding hydrogens is 304 g/mol. The lowest BCUT2D eigenvalue weighted by molar-refractivity contribution is -0.128. The second kappa shape index (κ2) is 5.03. The lowest BCUT2D eigenvalue weighted by Crippen LogP contribution is -2.53. The number of carbonyl (C=O) groups is 2. The molecule has 2 N–H and O–H groups in total. The lowest BCUT2D eigenvalue weighted by atomic mass is 9.70. The van der Waals surface area contributed by atoms with Crippen molar-refractivity contribution in [2.75, 3.05) is 12.3 Å². The molecule has 3 aliphatic rings. The molecule has 2 aliphatic carbocycles. The topological polar surface area (TPSA) is 92.3 Å². The monoisotopic (exact) mass is 328 g/mol. The summed E-state index contributed by atoms with van der Waals surface area (Å²) < 4.78 is 27.7. The second-order valence-electron chi connectivity index (χ2n) is 7.53. The van der Waals surface area contributed by atoms with Crippen LogP contribution in [0.1, 0.15) is 46.0 Å². The fraction of sp³-hybridized carbons (Fsp3) is 0.867.